The van der Waals surface area contributed by atoms with E-state index < -0.39 is 0 Å². The fraction of sp³-hybridized carbons (Fsp3) is 0.222. The summed E-state index contributed by atoms with van der Waals surface area (Å²) in [7, 11) is 3.96. The molecule has 0 saturated carbocycles. The van der Waals surface area contributed by atoms with Crippen molar-refractivity contribution in [3.63, 3.8) is 0 Å². The third-order valence-electron chi connectivity index (χ3n) is 3.31. The highest BCUT2D eigenvalue weighted by atomic mass is 35.5. The molecule has 0 atom stereocenters. The molecule has 0 heterocycles. The van der Waals surface area contributed by atoms with Crippen molar-refractivity contribution in [2.24, 2.45) is 5.10 Å². The number of hydrazone groups is 1. The second-order valence-electron chi connectivity index (χ2n) is 5.48. The molecule has 0 radical (unpaired) electrons. The first-order valence-corrected chi connectivity index (χ1v) is 7.82. The lowest BCUT2D eigenvalue weighted by molar-refractivity contribution is -0.123. The molecule has 0 unspecified atom stereocenters. The van der Waals surface area contributed by atoms with Gasteiger partial charge in [0, 0.05) is 24.8 Å². The van der Waals surface area contributed by atoms with Crippen LogP contribution in [0.1, 0.15) is 11.1 Å². The number of hydrogen-bond donors (Lipinski definition) is 1. The number of anilines is 1. The van der Waals surface area contributed by atoms with Gasteiger partial charge in [0.15, 0.2) is 6.61 Å². The Hall–Kier alpha value is -2.53. The Kier molecular flexibility index (Phi) is 6.21. The number of nitrogens with zero attached hydrogens (tertiary/aromatic N) is 2. The van der Waals surface area contributed by atoms with Gasteiger partial charge in [0.25, 0.3) is 5.91 Å². The Morgan fingerprint density at radius 1 is 1.25 bits per heavy atom. The number of rotatable bonds is 6. The number of hydrogen-bond acceptors (Lipinski definition) is 4. The Bertz CT molecular complexity index is 728. The van der Waals surface area contributed by atoms with Gasteiger partial charge in [-0.3, -0.25) is 4.79 Å². The Morgan fingerprint density at radius 3 is 2.58 bits per heavy atom. The standard InChI is InChI=1S/C18H20ClN3O2/c1-13-10-15(19)6-9-17(13)24-12-18(23)21-20-11-14-4-7-16(8-5-14)22(2)3/h4-11H,12H2,1-3H3,(H,21,23). The summed E-state index contributed by atoms with van der Waals surface area (Å²) < 4.78 is 5.45. The maximum Gasteiger partial charge on any atom is 0.277 e. The average molecular weight is 346 g/mol. The summed E-state index contributed by atoms with van der Waals surface area (Å²) in [5.41, 5.74) is 5.31. The van der Waals surface area contributed by atoms with E-state index in [1.54, 1.807) is 24.4 Å². The third-order valence-corrected chi connectivity index (χ3v) is 3.54. The van der Waals surface area contributed by atoms with E-state index in [-0.39, 0.29) is 12.5 Å². The molecule has 1 N–H and O–H groups in total. The minimum absolute atomic E-state index is 0.112. The molecule has 6 heteroatoms. The average Bonchev–Trinajstić information content (AvgIpc) is 2.54. The Labute approximate surface area is 146 Å². The van der Waals surface area contributed by atoms with Crippen LogP contribution >= 0.6 is 11.6 Å². The highest BCUT2D eigenvalue weighted by molar-refractivity contribution is 6.30. The van der Waals surface area contributed by atoms with Crippen molar-refractivity contribution in [3.8, 4) is 5.75 Å². The van der Waals surface area contributed by atoms with Gasteiger partial charge in [-0.1, -0.05) is 23.7 Å². The molecule has 2 rings (SSSR count). The summed E-state index contributed by atoms with van der Waals surface area (Å²) in [6, 6.07) is 13.1. The van der Waals surface area contributed by atoms with Gasteiger partial charge in [-0.05, 0) is 48.4 Å². The number of nitrogens with one attached hydrogen (secondary N) is 1. The van der Waals surface area contributed by atoms with Gasteiger partial charge in [-0.2, -0.15) is 5.10 Å². The predicted octanol–water partition coefficient (Wildman–Crippen LogP) is 3.24. The molecule has 0 fully saturated rings. The molecule has 0 aliphatic rings. The molecular weight excluding hydrogens is 326 g/mol. The molecule has 0 aliphatic carbocycles. The minimum atomic E-state index is -0.328. The van der Waals surface area contributed by atoms with E-state index in [1.165, 1.54) is 0 Å². The molecule has 0 aliphatic heterocycles. The number of halogens is 1. The SMILES string of the molecule is Cc1cc(Cl)ccc1OCC(=O)NN=Cc1ccc(N(C)C)cc1. The van der Waals surface area contributed by atoms with E-state index in [0.29, 0.717) is 10.8 Å². The van der Waals surface area contributed by atoms with Crippen LogP contribution in [0.4, 0.5) is 5.69 Å². The van der Waals surface area contributed by atoms with Crippen LogP contribution in [-0.2, 0) is 4.79 Å². The van der Waals surface area contributed by atoms with Gasteiger partial charge in [-0.15, -0.1) is 0 Å². The summed E-state index contributed by atoms with van der Waals surface area (Å²) >= 11 is 5.88. The number of ether oxygens (including phenoxy) is 1. The first kappa shape index (κ1) is 17.8. The molecule has 0 spiro atoms. The van der Waals surface area contributed by atoms with Crippen molar-refractivity contribution < 1.29 is 9.53 Å². The quantitative estimate of drug-likeness (QED) is 0.646. The van der Waals surface area contributed by atoms with Crippen molar-refractivity contribution in [1.29, 1.82) is 0 Å². The highest BCUT2D eigenvalue weighted by Crippen LogP contribution is 2.21. The van der Waals surface area contributed by atoms with Gasteiger partial charge >= 0.3 is 0 Å². The molecule has 5 nitrogen and oxygen atoms in total. The summed E-state index contributed by atoms with van der Waals surface area (Å²) in [5.74, 6) is 0.295. The maximum absolute atomic E-state index is 11.7. The van der Waals surface area contributed by atoms with Crippen molar-refractivity contribution in [2.75, 3.05) is 25.6 Å². The summed E-state index contributed by atoms with van der Waals surface area (Å²) in [6.45, 7) is 1.76. The van der Waals surface area contributed by atoms with Crippen molar-refractivity contribution in [3.05, 3.63) is 58.6 Å². The number of carbonyl (C=O) groups excluding carboxylic acids is 1. The first-order chi connectivity index (χ1) is 11.5. The third kappa shape index (κ3) is 5.28. The molecular formula is C18H20ClN3O2. The Morgan fingerprint density at radius 2 is 1.96 bits per heavy atom. The fourth-order valence-electron chi connectivity index (χ4n) is 1.99. The van der Waals surface area contributed by atoms with E-state index >= 15 is 0 Å². The lowest BCUT2D eigenvalue weighted by Gasteiger charge is -2.11. The number of aryl methyl sites for hydroxylation is 1. The number of carbonyl (C=O) groups is 1. The van der Waals surface area contributed by atoms with Gasteiger partial charge in [0.05, 0.1) is 6.21 Å². The number of benzene rings is 2. The molecule has 0 saturated heterocycles. The summed E-state index contributed by atoms with van der Waals surface area (Å²) in [4.78, 5) is 13.8. The second kappa shape index (κ2) is 8.36. The van der Waals surface area contributed by atoms with Crippen LogP contribution in [-0.4, -0.2) is 32.8 Å². The zero-order valence-corrected chi connectivity index (χ0v) is 14.7. The van der Waals surface area contributed by atoms with Crippen LogP contribution in [0.15, 0.2) is 47.6 Å². The molecule has 0 aromatic heterocycles. The Balaban J connectivity index is 1.82. The molecule has 2 aromatic carbocycles. The molecule has 2 aromatic rings. The van der Waals surface area contributed by atoms with Crippen LogP contribution in [0, 0.1) is 6.92 Å². The summed E-state index contributed by atoms with van der Waals surface area (Å²) in [5, 5.41) is 4.56. The summed E-state index contributed by atoms with van der Waals surface area (Å²) in [6.07, 6.45) is 1.59. The van der Waals surface area contributed by atoms with Crippen LogP contribution < -0.4 is 15.1 Å². The first-order valence-electron chi connectivity index (χ1n) is 7.44. The van der Waals surface area contributed by atoms with E-state index in [9.17, 15) is 4.79 Å². The van der Waals surface area contributed by atoms with E-state index in [0.717, 1.165) is 16.8 Å². The molecule has 24 heavy (non-hydrogen) atoms. The fourth-order valence-corrected chi connectivity index (χ4v) is 2.21. The highest BCUT2D eigenvalue weighted by Gasteiger charge is 2.04. The lowest BCUT2D eigenvalue weighted by atomic mass is 10.2. The number of amides is 1. The smallest absolute Gasteiger partial charge is 0.277 e. The molecule has 1 amide bonds. The second-order valence-corrected chi connectivity index (χ2v) is 5.91. The normalized spacial score (nSPS) is 10.7. The van der Waals surface area contributed by atoms with Crippen molar-refractivity contribution >= 4 is 29.4 Å². The van der Waals surface area contributed by atoms with Crippen LogP contribution in [0.3, 0.4) is 0 Å². The molecule has 0 bridgehead atoms. The van der Waals surface area contributed by atoms with Crippen LogP contribution in [0.25, 0.3) is 0 Å². The monoisotopic (exact) mass is 345 g/mol. The van der Waals surface area contributed by atoms with Gasteiger partial charge < -0.3 is 9.64 Å². The zero-order chi connectivity index (χ0) is 17.5. The van der Waals surface area contributed by atoms with Crippen molar-refractivity contribution in [1.82, 2.24) is 5.43 Å². The van der Waals surface area contributed by atoms with Gasteiger partial charge in [0.2, 0.25) is 0 Å². The maximum atomic E-state index is 11.7. The van der Waals surface area contributed by atoms with E-state index in [2.05, 4.69) is 10.5 Å². The van der Waals surface area contributed by atoms with E-state index in [4.69, 9.17) is 16.3 Å². The van der Waals surface area contributed by atoms with Gasteiger partial charge in [-0.25, -0.2) is 5.43 Å². The predicted molar refractivity (Wildman–Crippen MR) is 98.2 cm³/mol. The van der Waals surface area contributed by atoms with Gasteiger partial charge in [0.1, 0.15) is 5.75 Å². The lowest BCUT2D eigenvalue weighted by Crippen LogP contribution is -2.24. The largest absolute Gasteiger partial charge is 0.483 e. The minimum Gasteiger partial charge on any atom is -0.483 e. The topological polar surface area (TPSA) is 53.9 Å². The van der Waals surface area contributed by atoms with Crippen LogP contribution in [0.2, 0.25) is 5.02 Å². The van der Waals surface area contributed by atoms with Crippen LogP contribution in [0.5, 0.6) is 5.75 Å². The molecule has 126 valence electrons. The zero-order valence-electron chi connectivity index (χ0n) is 13.9. The van der Waals surface area contributed by atoms with E-state index in [1.807, 2.05) is 50.2 Å². The van der Waals surface area contributed by atoms with Crippen molar-refractivity contribution in [2.45, 2.75) is 6.92 Å².